The van der Waals surface area contributed by atoms with Gasteiger partial charge in [-0.2, -0.15) is 0 Å². The van der Waals surface area contributed by atoms with Gasteiger partial charge in [-0.1, -0.05) is 23.7 Å². The number of nitrogens with one attached hydrogen (secondary N) is 1. The van der Waals surface area contributed by atoms with E-state index in [9.17, 15) is 12.8 Å². The van der Waals surface area contributed by atoms with E-state index in [4.69, 9.17) is 22.4 Å². The van der Waals surface area contributed by atoms with Gasteiger partial charge in [-0.15, -0.1) is 0 Å². The van der Waals surface area contributed by atoms with Gasteiger partial charge in [0, 0.05) is 10.7 Å². The molecule has 0 heterocycles. The lowest BCUT2D eigenvalue weighted by Gasteiger charge is -2.11. The topological polar surface area (TPSA) is 92.4 Å². The van der Waals surface area contributed by atoms with Crippen LogP contribution >= 0.6 is 11.6 Å². The minimum Gasteiger partial charge on any atom is -0.396 e. The number of aliphatic hydroxyl groups excluding tert-OH is 1. The number of nitrogen functional groups attached to an aromatic ring is 1. The molecule has 8 heteroatoms. The molecule has 112 valence electrons. The van der Waals surface area contributed by atoms with Crippen LogP contribution in [0.2, 0.25) is 5.02 Å². The number of hydrogen-bond donors (Lipinski definition) is 3. The zero-order valence-corrected chi connectivity index (χ0v) is 12.2. The SMILES string of the molecule is Nc1cc(Cl)cc(S(=O)(=O)Nc2ccc(CO)cc2)c1F. The minimum absolute atomic E-state index is 0.0184. The minimum atomic E-state index is -4.16. The van der Waals surface area contributed by atoms with Crippen LogP contribution in [-0.4, -0.2) is 13.5 Å². The van der Waals surface area contributed by atoms with Gasteiger partial charge >= 0.3 is 0 Å². The van der Waals surface area contributed by atoms with Crippen molar-refractivity contribution in [2.24, 2.45) is 0 Å². The Labute approximate surface area is 126 Å². The van der Waals surface area contributed by atoms with Crippen molar-refractivity contribution >= 4 is 33.0 Å². The molecule has 0 radical (unpaired) electrons. The van der Waals surface area contributed by atoms with Crippen LogP contribution in [0.5, 0.6) is 0 Å². The Bertz CT molecular complexity index is 764. The summed E-state index contributed by atoms with van der Waals surface area (Å²) in [7, 11) is -4.16. The third kappa shape index (κ3) is 3.44. The summed E-state index contributed by atoms with van der Waals surface area (Å²) in [5.41, 5.74) is 5.87. The molecule has 4 N–H and O–H groups in total. The highest BCUT2D eigenvalue weighted by Gasteiger charge is 2.22. The smallest absolute Gasteiger partial charge is 0.264 e. The Balaban J connectivity index is 2.38. The zero-order chi connectivity index (χ0) is 15.6. The lowest BCUT2D eigenvalue weighted by Crippen LogP contribution is -2.15. The van der Waals surface area contributed by atoms with Crippen LogP contribution in [0, 0.1) is 5.82 Å². The largest absolute Gasteiger partial charge is 0.396 e. The van der Waals surface area contributed by atoms with E-state index in [0.29, 0.717) is 5.56 Å². The van der Waals surface area contributed by atoms with Crippen LogP contribution in [0.15, 0.2) is 41.3 Å². The molecule has 0 aliphatic carbocycles. The van der Waals surface area contributed by atoms with Gasteiger partial charge in [0.1, 0.15) is 4.90 Å². The molecule has 0 fully saturated rings. The molecule has 0 unspecified atom stereocenters. The van der Waals surface area contributed by atoms with Crippen molar-refractivity contribution in [3.8, 4) is 0 Å². The fourth-order valence-electron chi connectivity index (χ4n) is 1.67. The summed E-state index contributed by atoms with van der Waals surface area (Å²) >= 11 is 5.70. The van der Waals surface area contributed by atoms with Gasteiger partial charge in [-0.05, 0) is 29.8 Å². The third-order valence-corrected chi connectivity index (χ3v) is 4.31. The van der Waals surface area contributed by atoms with Crippen LogP contribution in [-0.2, 0) is 16.6 Å². The Morgan fingerprint density at radius 1 is 1.24 bits per heavy atom. The van der Waals surface area contributed by atoms with Gasteiger partial charge in [-0.3, -0.25) is 4.72 Å². The number of aliphatic hydroxyl groups is 1. The summed E-state index contributed by atoms with van der Waals surface area (Å²) < 4.78 is 40.4. The summed E-state index contributed by atoms with van der Waals surface area (Å²) in [6.45, 7) is -0.160. The molecule has 0 aliphatic heterocycles. The first-order chi connectivity index (χ1) is 9.83. The molecule has 0 spiro atoms. The Hall–Kier alpha value is -1.83. The summed E-state index contributed by atoms with van der Waals surface area (Å²) in [5.74, 6) is -1.06. The Morgan fingerprint density at radius 2 is 1.86 bits per heavy atom. The van der Waals surface area contributed by atoms with E-state index in [2.05, 4.69) is 4.72 Å². The van der Waals surface area contributed by atoms with E-state index < -0.39 is 20.7 Å². The Morgan fingerprint density at radius 3 is 2.43 bits per heavy atom. The summed E-state index contributed by atoms with van der Waals surface area (Å²) in [5, 5.41) is 8.94. The van der Waals surface area contributed by atoms with E-state index in [1.807, 2.05) is 0 Å². The molecule has 0 amide bonds. The summed E-state index contributed by atoms with van der Waals surface area (Å²) in [4.78, 5) is -0.626. The maximum Gasteiger partial charge on any atom is 0.264 e. The molecule has 0 bridgehead atoms. The molecule has 5 nitrogen and oxygen atoms in total. The highest BCUT2D eigenvalue weighted by Crippen LogP contribution is 2.26. The van der Waals surface area contributed by atoms with Crippen LogP contribution in [0.3, 0.4) is 0 Å². The van der Waals surface area contributed by atoms with E-state index in [0.717, 1.165) is 12.1 Å². The molecule has 21 heavy (non-hydrogen) atoms. The highest BCUT2D eigenvalue weighted by atomic mass is 35.5. The maximum absolute atomic E-state index is 13.9. The van der Waals surface area contributed by atoms with Crippen molar-refractivity contribution in [1.82, 2.24) is 0 Å². The van der Waals surface area contributed by atoms with Crippen LogP contribution in [0.1, 0.15) is 5.56 Å². The first kappa shape index (κ1) is 15.6. The zero-order valence-electron chi connectivity index (χ0n) is 10.7. The van der Waals surface area contributed by atoms with E-state index in [-0.39, 0.29) is 23.0 Å². The fourth-order valence-corrected chi connectivity index (χ4v) is 3.15. The lowest BCUT2D eigenvalue weighted by molar-refractivity contribution is 0.282. The maximum atomic E-state index is 13.9. The Kier molecular flexibility index (Phi) is 4.36. The second kappa shape index (κ2) is 5.88. The number of benzene rings is 2. The van der Waals surface area contributed by atoms with E-state index in [1.54, 1.807) is 12.1 Å². The molecular formula is C13H12ClFN2O3S. The van der Waals surface area contributed by atoms with E-state index in [1.165, 1.54) is 12.1 Å². The van der Waals surface area contributed by atoms with Crippen molar-refractivity contribution in [2.45, 2.75) is 11.5 Å². The average molecular weight is 331 g/mol. The normalized spacial score (nSPS) is 11.4. The van der Waals surface area contributed by atoms with Crippen molar-refractivity contribution in [3.63, 3.8) is 0 Å². The van der Waals surface area contributed by atoms with Crippen LogP contribution in [0.25, 0.3) is 0 Å². The number of halogens is 2. The van der Waals surface area contributed by atoms with Crippen molar-refractivity contribution in [2.75, 3.05) is 10.5 Å². The number of nitrogens with two attached hydrogens (primary N) is 1. The van der Waals surface area contributed by atoms with Crippen molar-refractivity contribution < 1.29 is 17.9 Å². The quantitative estimate of drug-likeness (QED) is 0.750. The first-order valence-electron chi connectivity index (χ1n) is 5.80. The van der Waals surface area contributed by atoms with Gasteiger partial charge in [0.25, 0.3) is 10.0 Å². The predicted molar refractivity (Wildman–Crippen MR) is 79.0 cm³/mol. The van der Waals surface area contributed by atoms with Crippen molar-refractivity contribution in [3.05, 3.63) is 52.8 Å². The van der Waals surface area contributed by atoms with Gasteiger partial charge in [0.15, 0.2) is 5.82 Å². The number of rotatable bonds is 4. The van der Waals surface area contributed by atoms with Crippen LogP contribution in [0.4, 0.5) is 15.8 Å². The number of sulfonamides is 1. The third-order valence-electron chi connectivity index (χ3n) is 2.71. The van der Waals surface area contributed by atoms with Gasteiger partial charge < -0.3 is 10.8 Å². The second-order valence-electron chi connectivity index (χ2n) is 4.27. The van der Waals surface area contributed by atoms with Gasteiger partial charge in [0.05, 0.1) is 12.3 Å². The lowest BCUT2D eigenvalue weighted by atomic mass is 10.2. The van der Waals surface area contributed by atoms with Gasteiger partial charge in [0.2, 0.25) is 0 Å². The van der Waals surface area contributed by atoms with Gasteiger partial charge in [-0.25, -0.2) is 12.8 Å². The molecule has 0 atom stereocenters. The molecule has 0 aromatic heterocycles. The monoisotopic (exact) mass is 330 g/mol. The molecular weight excluding hydrogens is 319 g/mol. The standard InChI is InChI=1S/C13H12ClFN2O3S/c14-9-5-11(16)13(15)12(6-9)21(19,20)17-10-3-1-8(7-18)2-4-10/h1-6,17-18H,7,16H2. The average Bonchev–Trinajstić information content (AvgIpc) is 2.43. The molecule has 2 aromatic carbocycles. The molecule has 0 saturated heterocycles. The molecule has 2 rings (SSSR count). The second-order valence-corrected chi connectivity index (χ2v) is 6.35. The predicted octanol–water partition coefficient (Wildman–Crippen LogP) is 2.35. The van der Waals surface area contributed by atoms with Crippen LogP contribution < -0.4 is 10.5 Å². The number of anilines is 2. The molecule has 0 aliphatic rings. The molecule has 0 saturated carbocycles. The number of hydrogen-bond acceptors (Lipinski definition) is 4. The van der Waals surface area contributed by atoms with E-state index >= 15 is 0 Å². The summed E-state index contributed by atoms with van der Waals surface area (Å²) in [6.07, 6.45) is 0. The first-order valence-corrected chi connectivity index (χ1v) is 7.67. The molecule has 2 aromatic rings. The van der Waals surface area contributed by atoms with Crippen molar-refractivity contribution in [1.29, 1.82) is 0 Å². The fraction of sp³-hybridized carbons (Fsp3) is 0.0769. The highest BCUT2D eigenvalue weighted by molar-refractivity contribution is 7.92. The summed E-state index contributed by atoms with van der Waals surface area (Å²) in [6, 6.07) is 8.11.